The number of hydrogen-bond donors (Lipinski definition) is 0. The maximum atomic E-state index is 5.83. The van der Waals surface area contributed by atoms with Crippen molar-refractivity contribution in [1.29, 1.82) is 0 Å². The first-order valence-electron chi connectivity index (χ1n) is 9.03. The second-order valence-electron chi connectivity index (χ2n) is 6.99. The van der Waals surface area contributed by atoms with Gasteiger partial charge in [0.25, 0.3) is 0 Å². The maximum Gasteiger partial charge on any atom is 0.119 e. The highest BCUT2D eigenvalue weighted by Gasteiger charge is 2.16. The van der Waals surface area contributed by atoms with Crippen LogP contribution in [0.15, 0.2) is 42.5 Å². The normalized spacial score (nSPS) is 12.5. The van der Waals surface area contributed by atoms with E-state index in [2.05, 4.69) is 49.6 Å². The molecule has 3 rings (SSSR count). The Kier molecular flexibility index (Phi) is 5.22. The minimum absolute atomic E-state index is 0.667. The predicted molar refractivity (Wildman–Crippen MR) is 107 cm³/mol. The third-order valence-corrected chi connectivity index (χ3v) is 5.23. The molecule has 0 aliphatic rings. The van der Waals surface area contributed by atoms with E-state index in [1.54, 1.807) is 7.11 Å². The number of benzene rings is 2. The summed E-state index contributed by atoms with van der Waals surface area (Å²) in [7, 11) is 7.56. The molecule has 1 atom stereocenters. The van der Waals surface area contributed by atoms with E-state index in [1.807, 2.05) is 18.2 Å². The molecule has 3 heteroatoms. The van der Waals surface area contributed by atoms with Crippen LogP contribution in [0, 0.1) is 12.8 Å². The summed E-state index contributed by atoms with van der Waals surface area (Å²) in [4.78, 5) is 0. The van der Waals surface area contributed by atoms with Crippen molar-refractivity contribution in [3.63, 3.8) is 0 Å². The zero-order valence-corrected chi connectivity index (χ0v) is 15.7. The summed E-state index contributed by atoms with van der Waals surface area (Å²) in [6.07, 6.45) is 2.29. The van der Waals surface area contributed by atoms with Crippen LogP contribution in [0.1, 0.15) is 37.1 Å². The van der Waals surface area contributed by atoms with Crippen LogP contribution < -0.4 is 10.2 Å². The molecule has 0 saturated carbocycles. The fourth-order valence-corrected chi connectivity index (χ4v) is 3.42. The largest absolute Gasteiger partial charge is 0.497 e. The highest BCUT2D eigenvalue weighted by atomic mass is 16.5. The SMILES string of the molecule is [B]c1ccc(Cn2c(C)c(CC(C)CC)c3cc(OC)ccc32)cc1. The first-order valence-corrected chi connectivity index (χ1v) is 9.03. The summed E-state index contributed by atoms with van der Waals surface area (Å²) in [5.74, 6) is 1.59. The topological polar surface area (TPSA) is 14.2 Å². The summed E-state index contributed by atoms with van der Waals surface area (Å²) < 4.78 is 7.88. The molecular weight excluding hydrogens is 305 g/mol. The van der Waals surface area contributed by atoms with Gasteiger partial charge in [-0.25, -0.2) is 0 Å². The van der Waals surface area contributed by atoms with Crippen LogP contribution in [0.3, 0.4) is 0 Å². The molecule has 0 aliphatic heterocycles. The minimum Gasteiger partial charge on any atom is -0.497 e. The maximum absolute atomic E-state index is 5.83. The molecule has 1 aromatic heterocycles. The van der Waals surface area contributed by atoms with Crippen LogP contribution in [0.4, 0.5) is 0 Å². The van der Waals surface area contributed by atoms with Crippen LogP contribution in [0.25, 0.3) is 10.9 Å². The van der Waals surface area contributed by atoms with Gasteiger partial charge in [-0.2, -0.15) is 0 Å². The van der Waals surface area contributed by atoms with Gasteiger partial charge in [-0.1, -0.05) is 50.0 Å². The molecule has 0 bridgehead atoms. The monoisotopic (exact) mass is 331 g/mol. The smallest absolute Gasteiger partial charge is 0.119 e. The molecule has 2 nitrogen and oxygen atoms in total. The van der Waals surface area contributed by atoms with Crippen LogP contribution >= 0.6 is 0 Å². The van der Waals surface area contributed by atoms with E-state index < -0.39 is 0 Å². The molecule has 3 aromatic rings. The molecule has 0 saturated heterocycles. The number of nitrogens with zero attached hydrogens (tertiary/aromatic N) is 1. The highest BCUT2D eigenvalue weighted by Crippen LogP contribution is 2.32. The third-order valence-electron chi connectivity index (χ3n) is 5.23. The van der Waals surface area contributed by atoms with Crippen molar-refractivity contribution in [1.82, 2.24) is 4.57 Å². The van der Waals surface area contributed by atoms with Gasteiger partial charge in [-0.3, -0.25) is 0 Å². The average molecular weight is 331 g/mol. The second-order valence-corrected chi connectivity index (χ2v) is 6.99. The van der Waals surface area contributed by atoms with Crippen molar-refractivity contribution in [2.24, 2.45) is 5.92 Å². The summed E-state index contributed by atoms with van der Waals surface area (Å²) in [5.41, 5.74) is 6.13. The Labute approximate surface area is 152 Å². The average Bonchev–Trinajstić information content (AvgIpc) is 2.88. The first-order chi connectivity index (χ1) is 12.0. The molecule has 0 spiro atoms. The van der Waals surface area contributed by atoms with Crippen molar-refractivity contribution in [3.05, 3.63) is 59.3 Å². The van der Waals surface area contributed by atoms with Crippen molar-refractivity contribution in [2.45, 2.75) is 40.2 Å². The van der Waals surface area contributed by atoms with Gasteiger partial charge in [-0.15, -0.1) is 0 Å². The van der Waals surface area contributed by atoms with Gasteiger partial charge in [0.05, 0.1) is 7.11 Å². The Morgan fingerprint density at radius 2 is 1.84 bits per heavy atom. The van der Waals surface area contributed by atoms with Crippen molar-refractivity contribution in [3.8, 4) is 5.75 Å². The van der Waals surface area contributed by atoms with E-state index in [0.29, 0.717) is 5.92 Å². The van der Waals surface area contributed by atoms with Crippen LogP contribution in [-0.2, 0) is 13.0 Å². The Morgan fingerprint density at radius 1 is 1.12 bits per heavy atom. The molecule has 0 N–H and O–H groups in total. The molecule has 25 heavy (non-hydrogen) atoms. The fraction of sp³-hybridized carbons (Fsp3) is 0.364. The van der Waals surface area contributed by atoms with E-state index >= 15 is 0 Å². The van der Waals surface area contributed by atoms with Crippen LogP contribution in [-0.4, -0.2) is 19.5 Å². The van der Waals surface area contributed by atoms with Gasteiger partial charge in [0.2, 0.25) is 0 Å². The van der Waals surface area contributed by atoms with Gasteiger partial charge in [-0.05, 0) is 48.6 Å². The molecular formula is C22H26BNO. The third kappa shape index (κ3) is 3.61. The van der Waals surface area contributed by atoms with Gasteiger partial charge in [0.1, 0.15) is 13.6 Å². The zero-order chi connectivity index (χ0) is 18.0. The van der Waals surface area contributed by atoms with Crippen molar-refractivity contribution in [2.75, 3.05) is 7.11 Å². The van der Waals surface area contributed by atoms with E-state index in [9.17, 15) is 0 Å². The number of fused-ring (bicyclic) bond motifs is 1. The first kappa shape index (κ1) is 17.7. The Bertz CT molecular complexity index is 864. The standard InChI is InChI=1S/C22H26BNO/c1-5-15(2)12-20-16(3)24(14-17-6-8-18(23)9-7-17)22-11-10-19(25-4)13-21(20)22/h6-11,13,15H,5,12,14H2,1-4H3. The van der Waals surface area contributed by atoms with Crippen LogP contribution in [0.2, 0.25) is 0 Å². The lowest BCUT2D eigenvalue weighted by atomic mass is 9.95. The molecule has 128 valence electrons. The van der Waals surface area contributed by atoms with E-state index in [4.69, 9.17) is 12.6 Å². The quantitative estimate of drug-likeness (QED) is 0.611. The molecule has 0 aliphatic carbocycles. The number of methoxy groups -OCH3 is 1. The lowest BCUT2D eigenvalue weighted by Gasteiger charge is -2.11. The molecule has 1 heterocycles. The highest BCUT2D eigenvalue weighted by molar-refractivity contribution is 6.32. The number of aromatic nitrogens is 1. The van der Waals surface area contributed by atoms with Gasteiger partial charge in [0.15, 0.2) is 0 Å². The van der Waals surface area contributed by atoms with Crippen LogP contribution in [0.5, 0.6) is 5.75 Å². The molecule has 0 fully saturated rings. The molecule has 1 unspecified atom stereocenters. The summed E-state index contributed by atoms with van der Waals surface area (Å²) in [5, 5.41) is 1.31. The van der Waals surface area contributed by atoms with Crippen molar-refractivity contribution >= 4 is 24.2 Å². The Balaban J connectivity index is 2.10. The molecule has 2 radical (unpaired) electrons. The molecule has 2 aromatic carbocycles. The van der Waals surface area contributed by atoms with E-state index in [0.717, 1.165) is 24.2 Å². The summed E-state index contributed by atoms with van der Waals surface area (Å²) in [6.45, 7) is 7.67. The lowest BCUT2D eigenvalue weighted by molar-refractivity contribution is 0.415. The zero-order valence-electron chi connectivity index (χ0n) is 15.7. The number of ether oxygens (including phenoxy) is 1. The predicted octanol–water partition coefficient (Wildman–Crippen LogP) is 4.39. The van der Waals surface area contributed by atoms with Gasteiger partial charge >= 0.3 is 0 Å². The Morgan fingerprint density at radius 3 is 2.48 bits per heavy atom. The Hall–Kier alpha value is -2.16. The number of hydrogen-bond acceptors (Lipinski definition) is 1. The summed E-state index contributed by atoms with van der Waals surface area (Å²) in [6, 6.07) is 14.6. The second kappa shape index (κ2) is 7.39. The number of rotatable bonds is 6. The fourth-order valence-electron chi connectivity index (χ4n) is 3.42. The van der Waals surface area contributed by atoms with Gasteiger partial charge < -0.3 is 9.30 Å². The van der Waals surface area contributed by atoms with E-state index in [-0.39, 0.29) is 0 Å². The van der Waals surface area contributed by atoms with E-state index in [1.165, 1.54) is 34.1 Å². The summed E-state index contributed by atoms with van der Waals surface area (Å²) >= 11 is 0. The van der Waals surface area contributed by atoms with Crippen molar-refractivity contribution < 1.29 is 4.74 Å². The molecule has 0 amide bonds. The lowest BCUT2D eigenvalue weighted by Crippen LogP contribution is -2.06. The van der Waals surface area contributed by atoms with Gasteiger partial charge in [0, 0.05) is 23.1 Å². The minimum atomic E-state index is 0.667.